The molecule has 0 bridgehead atoms. The van der Waals surface area contributed by atoms with Gasteiger partial charge in [0.15, 0.2) is 5.43 Å². The first-order chi connectivity index (χ1) is 15.0. The zero-order valence-electron chi connectivity index (χ0n) is 17.6. The van der Waals surface area contributed by atoms with Crippen LogP contribution < -0.4 is 19.6 Å². The Hall–Kier alpha value is -3.48. The van der Waals surface area contributed by atoms with Crippen LogP contribution in [-0.2, 0) is 17.8 Å². The number of carbonyl (C=O) groups is 1. The van der Waals surface area contributed by atoms with Crippen molar-refractivity contribution in [2.75, 3.05) is 20.3 Å². The number of hydrogen-bond acceptors (Lipinski definition) is 5. The number of nitrogens with zero attached hydrogens (tertiary/aromatic N) is 1. The Kier molecular flexibility index (Phi) is 5.84. The van der Waals surface area contributed by atoms with E-state index >= 15 is 0 Å². The van der Waals surface area contributed by atoms with E-state index in [1.807, 2.05) is 6.92 Å². The molecule has 7 heteroatoms. The van der Waals surface area contributed by atoms with E-state index in [0.717, 1.165) is 18.4 Å². The predicted octanol–water partition coefficient (Wildman–Crippen LogP) is 3.88. The van der Waals surface area contributed by atoms with Crippen molar-refractivity contribution in [3.05, 3.63) is 52.3 Å². The normalized spacial score (nSPS) is 12.8. The van der Waals surface area contributed by atoms with Crippen LogP contribution in [-0.4, -0.2) is 36.0 Å². The monoisotopic (exact) mass is 423 g/mol. The molecule has 162 valence electrons. The van der Waals surface area contributed by atoms with Crippen LogP contribution in [0.3, 0.4) is 0 Å². The fraction of sp³-hybridized carbons (Fsp3) is 0.333. The van der Waals surface area contributed by atoms with Crippen molar-refractivity contribution >= 4 is 16.9 Å². The van der Waals surface area contributed by atoms with Crippen molar-refractivity contribution in [3.8, 4) is 28.4 Å². The zero-order chi connectivity index (χ0) is 22.0. The van der Waals surface area contributed by atoms with Gasteiger partial charge >= 0.3 is 5.97 Å². The minimum absolute atomic E-state index is 0.162. The van der Waals surface area contributed by atoms with Gasteiger partial charge in [-0.15, -0.1) is 0 Å². The second kappa shape index (κ2) is 8.71. The molecule has 2 aromatic carbocycles. The van der Waals surface area contributed by atoms with E-state index in [4.69, 9.17) is 14.2 Å². The molecule has 0 atom stereocenters. The molecule has 0 saturated heterocycles. The first-order valence-electron chi connectivity index (χ1n) is 10.4. The summed E-state index contributed by atoms with van der Waals surface area (Å²) in [5.74, 6) is 0.783. The van der Waals surface area contributed by atoms with Crippen molar-refractivity contribution in [1.82, 2.24) is 4.57 Å². The summed E-state index contributed by atoms with van der Waals surface area (Å²) in [5, 5.41) is 10.0. The maximum atomic E-state index is 13.7. The molecule has 0 unspecified atom stereocenters. The van der Waals surface area contributed by atoms with E-state index in [1.165, 1.54) is 0 Å². The quantitative estimate of drug-likeness (QED) is 0.621. The maximum Gasteiger partial charge on any atom is 0.323 e. The molecule has 1 aliphatic heterocycles. The first kappa shape index (κ1) is 20.8. The average molecular weight is 423 g/mol. The van der Waals surface area contributed by atoms with Crippen LogP contribution in [0.15, 0.2) is 41.3 Å². The van der Waals surface area contributed by atoms with E-state index < -0.39 is 5.97 Å². The molecule has 1 aliphatic rings. The maximum absolute atomic E-state index is 13.7. The van der Waals surface area contributed by atoms with Crippen LogP contribution in [0.2, 0.25) is 0 Å². The third-order valence-electron chi connectivity index (χ3n) is 5.37. The second-order valence-electron chi connectivity index (χ2n) is 7.50. The molecule has 0 fully saturated rings. The highest BCUT2D eigenvalue weighted by molar-refractivity contribution is 5.94. The Morgan fingerprint density at radius 1 is 1.26 bits per heavy atom. The molecule has 0 spiro atoms. The molecular formula is C24H25NO6. The molecule has 7 nitrogen and oxygen atoms in total. The number of rotatable bonds is 7. The van der Waals surface area contributed by atoms with E-state index in [0.29, 0.717) is 58.9 Å². The van der Waals surface area contributed by atoms with Crippen LogP contribution >= 0.6 is 0 Å². The number of aliphatic carboxylic acids is 1. The molecule has 0 aliphatic carbocycles. The van der Waals surface area contributed by atoms with Crippen LogP contribution in [0, 0.1) is 0 Å². The standard InChI is InChI=1S/C24H25NO6/c1-3-10-30-20-12-19-17(5-4-11-31-19)22-23(20)25(14-21(26)27)13-18(24(22)28)15-6-8-16(29-2)9-7-15/h6-9,12-13H,3-5,10-11,14H2,1-2H3,(H,26,27). The van der Waals surface area contributed by atoms with Gasteiger partial charge in [-0.2, -0.15) is 0 Å². The fourth-order valence-electron chi connectivity index (χ4n) is 3.98. The van der Waals surface area contributed by atoms with E-state index in [-0.39, 0.29) is 12.0 Å². The Bertz CT molecular complexity index is 1180. The van der Waals surface area contributed by atoms with Gasteiger partial charge in [-0.3, -0.25) is 9.59 Å². The third-order valence-corrected chi connectivity index (χ3v) is 5.37. The molecule has 4 rings (SSSR count). The van der Waals surface area contributed by atoms with Gasteiger partial charge in [-0.05, 0) is 37.0 Å². The average Bonchev–Trinajstić information content (AvgIpc) is 2.78. The molecule has 0 amide bonds. The van der Waals surface area contributed by atoms with Crippen molar-refractivity contribution < 1.29 is 24.1 Å². The summed E-state index contributed by atoms with van der Waals surface area (Å²) in [6.45, 7) is 2.73. The molecule has 31 heavy (non-hydrogen) atoms. The van der Waals surface area contributed by atoms with Crippen LogP contribution in [0.1, 0.15) is 25.3 Å². The van der Waals surface area contributed by atoms with Gasteiger partial charge in [-0.25, -0.2) is 0 Å². The molecule has 2 heterocycles. The number of ether oxygens (including phenoxy) is 3. The summed E-state index contributed by atoms with van der Waals surface area (Å²) in [6.07, 6.45) is 3.87. The lowest BCUT2D eigenvalue weighted by atomic mass is 9.96. The predicted molar refractivity (Wildman–Crippen MR) is 117 cm³/mol. The Labute approximate surface area is 179 Å². The number of hydrogen-bond donors (Lipinski definition) is 1. The van der Waals surface area contributed by atoms with Crippen LogP contribution in [0.4, 0.5) is 0 Å². The highest BCUT2D eigenvalue weighted by Crippen LogP contribution is 2.38. The smallest absolute Gasteiger partial charge is 0.323 e. The molecule has 3 aromatic rings. The summed E-state index contributed by atoms with van der Waals surface area (Å²) >= 11 is 0. The van der Waals surface area contributed by atoms with Crippen molar-refractivity contribution in [1.29, 1.82) is 0 Å². The summed E-state index contributed by atoms with van der Waals surface area (Å²) in [7, 11) is 1.58. The zero-order valence-corrected chi connectivity index (χ0v) is 17.6. The van der Waals surface area contributed by atoms with Crippen LogP contribution in [0.5, 0.6) is 17.2 Å². The van der Waals surface area contributed by atoms with Crippen molar-refractivity contribution in [3.63, 3.8) is 0 Å². The van der Waals surface area contributed by atoms with Crippen molar-refractivity contribution in [2.45, 2.75) is 32.7 Å². The molecule has 0 radical (unpaired) electrons. The van der Waals surface area contributed by atoms with E-state index in [9.17, 15) is 14.7 Å². The lowest BCUT2D eigenvalue weighted by Gasteiger charge is -2.23. The minimum atomic E-state index is -0.999. The lowest BCUT2D eigenvalue weighted by molar-refractivity contribution is -0.137. The van der Waals surface area contributed by atoms with Gasteiger partial charge in [0.05, 0.1) is 31.2 Å². The number of pyridine rings is 1. The number of aromatic nitrogens is 1. The van der Waals surface area contributed by atoms with Gasteiger partial charge in [0.1, 0.15) is 23.8 Å². The van der Waals surface area contributed by atoms with Gasteiger partial charge in [0.2, 0.25) is 0 Å². The summed E-state index contributed by atoms with van der Waals surface area (Å²) in [4.78, 5) is 25.4. The first-order valence-corrected chi connectivity index (χ1v) is 10.4. The topological polar surface area (TPSA) is 87.0 Å². The van der Waals surface area contributed by atoms with Gasteiger partial charge in [-0.1, -0.05) is 19.1 Å². The summed E-state index contributed by atoms with van der Waals surface area (Å²) < 4.78 is 18.6. The molecular weight excluding hydrogens is 398 g/mol. The Balaban J connectivity index is 2.05. The highest BCUT2D eigenvalue weighted by atomic mass is 16.5. The highest BCUT2D eigenvalue weighted by Gasteiger charge is 2.24. The third kappa shape index (κ3) is 3.95. The largest absolute Gasteiger partial charge is 0.497 e. The number of carboxylic acid groups (broad SMARTS) is 1. The number of fused-ring (bicyclic) bond motifs is 3. The SMILES string of the molecule is CCCOc1cc2c(c3c(=O)c(-c4ccc(OC)cc4)cn(CC(=O)O)c13)CCCO2. The summed E-state index contributed by atoms with van der Waals surface area (Å²) in [6, 6.07) is 8.94. The number of carboxylic acids is 1. The Morgan fingerprint density at radius 3 is 2.71 bits per heavy atom. The minimum Gasteiger partial charge on any atom is -0.497 e. The fourth-order valence-corrected chi connectivity index (χ4v) is 3.98. The lowest BCUT2D eigenvalue weighted by Crippen LogP contribution is -2.20. The number of benzene rings is 2. The molecule has 1 N–H and O–H groups in total. The van der Waals surface area contributed by atoms with Crippen molar-refractivity contribution in [2.24, 2.45) is 0 Å². The van der Waals surface area contributed by atoms with Gasteiger partial charge in [0.25, 0.3) is 0 Å². The van der Waals surface area contributed by atoms with Crippen LogP contribution in [0.25, 0.3) is 22.0 Å². The van der Waals surface area contributed by atoms with Gasteiger partial charge in [0, 0.05) is 23.4 Å². The Morgan fingerprint density at radius 2 is 2.03 bits per heavy atom. The molecule has 0 saturated carbocycles. The summed E-state index contributed by atoms with van der Waals surface area (Å²) in [5.41, 5.74) is 2.27. The second-order valence-corrected chi connectivity index (χ2v) is 7.50. The number of methoxy groups -OCH3 is 1. The van der Waals surface area contributed by atoms with Gasteiger partial charge < -0.3 is 23.9 Å². The molecule has 1 aromatic heterocycles. The van der Waals surface area contributed by atoms with E-state index in [1.54, 1.807) is 48.2 Å². The number of aryl methyl sites for hydroxylation is 1. The van der Waals surface area contributed by atoms with E-state index in [2.05, 4.69) is 0 Å².